The molecular weight excluding hydrogens is 508 g/mol. The number of nitrogens with one attached hydrogen (secondary N) is 2. The van der Waals surface area contributed by atoms with Gasteiger partial charge in [-0.25, -0.2) is 0 Å². The highest BCUT2D eigenvalue weighted by Crippen LogP contribution is 2.40. The standard InChI is InChI=1S/C31H42N4O5/c1-7-34(24-12-13-26-25(17-24)35(14-9-15-39-6)30(38)31(4,5)40-26)29(37)23-16-22(18-32-19-23)28(36)33-27-20(2)10-8-11-21(27)3/h8,10-13,17,22-23,32H,7,9,14-16,18-19H2,1-6H3,(H,33,36)/t22-,23+/m0/s1. The highest BCUT2D eigenvalue weighted by molar-refractivity contribution is 6.04. The van der Waals surface area contributed by atoms with Crippen molar-refractivity contribution < 1.29 is 23.9 Å². The highest BCUT2D eigenvalue weighted by atomic mass is 16.5. The highest BCUT2D eigenvalue weighted by Gasteiger charge is 2.41. The number of fused-ring (bicyclic) bond motifs is 1. The minimum Gasteiger partial charge on any atom is -0.476 e. The summed E-state index contributed by atoms with van der Waals surface area (Å²) in [6.45, 7) is 11.9. The fourth-order valence-electron chi connectivity index (χ4n) is 5.57. The van der Waals surface area contributed by atoms with E-state index in [-0.39, 0.29) is 29.6 Å². The lowest BCUT2D eigenvalue weighted by Gasteiger charge is -2.39. The Hall–Kier alpha value is -3.43. The number of anilines is 3. The fourth-order valence-corrected chi connectivity index (χ4v) is 5.57. The minimum atomic E-state index is -0.984. The van der Waals surface area contributed by atoms with Gasteiger partial charge in [-0.3, -0.25) is 14.4 Å². The Morgan fingerprint density at radius 3 is 2.52 bits per heavy atom. The molecule has 9 heteroatoms. The molecular formula is C31H42N4O5. The van der Waals surface area contributed by atoms with Gasteiger partial charge in [-0.05, 0) is 76.8 Å². The molecule has 2 N–H and O–H groups in total. The number of nitrogens with zero attached hydrogens (tertiary/aromatic N) is 2. The molecule has 216 valence electrons. The molecule has 0 aliphatic carbocycles. The quantitative estimate of drug-likeness (QED) is 0.457. The second-order valence-corrected chi connectivity index (χ2v) is 11.2. The maximum atomic E-state index is 13.8. The van der Waals surface area contributed by atoms with E-state index in [0.717, 1.165) is 16.8 Å². The average Bonchev–Trinajstić information content (AvgIpc) is 2.93. The molecule has 40 heavy (non-hydrogen) atoms. The molecule has 2 aliphatic rings. The Labute approximate surface area is 237 Å². The van der Waals surface area contributed by atoms with Crippen LogP contribution in [0, 0.1) is 25.7 Å². The molecule has 0 aromatic heterocycles. The van der Waals surface area contributed by atoms with Gasteiger partial charge in [0.25, 0.3) is 5.91 Å². The van der Waals surface area contributed by atoms with Crippen molar-refractivity contribution in [1.82, 2.24) is 5.32 Å². The molecule has 2 aliphatic heterocycles. The first-order chi connectivity index (χ1) is 19.1. The lowest BCUT2D eigenvalue weighted by atomic mass is 9.88. The molecule has 0 radical (unpaired) electrons. The molecule has 4 rings (SSSR count). The normalized spacial score (nSPS) is 19.9. The third-order valence-corrected chi connectivity index (χ3v) is 7.78. The smallest absolute Gasteiger partial charge is 0.270 e. The molecule has 2 atom stereocenters. The fraction of sp³-hybridized carbons (Fsp3) is 0.516. The lowest BCUT2D eigenvalue weighted by molar-refractivity contribution is -0.132. The van der Waals surface area contributed by atoms with E-state index in [2.05, 4.69) is 10.6 Å². The van der Waals surface area contributed by atoms with Crippen LogP contribution >= 0.6 is 0 Å². The van der Waals surface area contributed by atoms with Gasteiger partial charge in [0.1, 0.15) is 5.75 Å². The number of benzene rings is 2. The largest absolute Gasteiger partial charge is 0.476 e. The summed E-state index contributed by atoms with van der Waals surface area (Å²) in [5.74, 6) is -0.326. The number of rotatable bonds is 9. The number of carbonyl (C=O) groups is 3. The first kappa shape index (κ1) is 29.6. The van der Waals surface area contributed by atoms with Gasteiger partial charge in [0, 0.05) is 51.3 Å². The van der Waals surface area contributed by atoms with E-state index >= 15 is 0 Å². The summed E-state index contributed by atoms with van der Waals surface area (Å²) in [4.78, 5) is 43.7. The monoisotopic (exact) mass is 550 g/mol. The van der Waals surface area contributed by atoms with E-state index < -0.39 is 5.60 Å². The zero-order valence-corrected chi connectivity index (χ0v) is 24.5. The maximum absolute atomic E-state index is 13.8. The molecule has 0 bridgehead atoms. The van der Waals surface area contributed by atoms with Crippen molar-refractivity contribution in [1.29, 1.82) is 0 Å². The van der Waals surface area contributed by atoms with Gasteiger partial charge < -0.3 is 29.9 Å². The Kier molecular flexibility index (Phi) is 9.15. The van der Waals surface area contributed by atoms with Crippen LogP contribution in [0.15, 0.2) is 36.4 Å². The van der Waals surface area contributed by atoms with Crippen molar-refractivity contribution in [2.75, 3.05) is 55.0 Å². The van der Waals surface area contributed by atoms with Gasteiger partial charge in [-0.2, -0.15) is 0 Å². The molecule has 2 aromatic carbocycles. The van der Waals surface area contributed by atoms with Gasteiger partial charge in [0.05, 0.1) is 17.5 Å². The number of piperidine rings is 1. The Balaban J connectivity index is 1.52. The van der Waals surface area contributed by atoms with Crippen molar-refractivity contribution in [2.24, 2.45) is 11.8 Å². The zero-order chi connectivity index (χ0) is 29.0. The summed E-state index contributed by atoms with van der Waals surface area (Å²) in [5, 5.41) is 6.39. The number of carbonyl (C=O) groups excluding carboxylic acids is 3. The number of aryl methyl sites for hydroxylation is 2. The first-order valence-corrected chi connectivity index (χ1v) is 14.1. The van der Waals surface area contributed by atoms with E-state index in [1.54, 1.807) is 30.8 Å². The number of ether oxygens (including phenoxy) is 2. The van der Waals surface area contributed by atoms with E-state index in [9.17, 15) is 14.4 Å². The van der Waals surface area contributed by atoms with Crippen LogP contribution in [-0.4, -0.2) is 63.2 Å². The van der Waals surface area contributed by atoms with Crippen LogP contribution in [0.5, 0.6) is 5.75 Å². The number of hydrogen-bond donors (Lipinski definition) is 2. The van der Waals surface area contributed by atoms with Crippen LogP contribution in [0.25, 0.3) is 0 Å². The van der Waals surface area contributed by atoms with Crippen LogP contribution in [0.1, 0.15) is 44.7 Å². The Morgan fingerprint density at radius 1 is 1.15 bits per heavy atom. The summed E-state index contributed by atoms with van der Waals surface area (Å²) >= 11 is 0. The van der Waals surface area contributed by atoms with Crippen LogP contribution in [0.3, 0.4) is 0 Å². The molecule has 0 spiro atoms. The Bertz CT molecular complexity index is 1240. The maximum Gasteiger partial charge on any atom is 0.270 e. The second-order valence-electron chi connectivity index (χ2n) is 11.2. The SMILES string of the molecule is CCN(C(=O)[C@H]1CNC[C@@H](C(=O)Nc2c(C)cccc2C)C1)c1ccc2c(c1)N(CCCOC)C(=O)C(C)(C)O2. The third-order valence-electron chi connectivity index (χ3n) is 7.78. The van der Waals surface area contributed by atoms with E-state index in [0.29, 0.717) is 62.8 Å². The van der Waals surface area contributed by atoms with Gasteiger partial charge in [-0.1, -0.05) is 18.2 Å². The van der Waals surface area contributed by atoms with Crippen molar-refractivity contribution >= 4 is 34.8 Å². The molecule has 3 amide bonds. The molecule has 0 saturated carbocycles. The van der Waals surface area contributed by atoms with E-state index in [1.807, 2.05) is 57.2 Å². The zero-order valence-electron chi connectivity index (χ0n) is 24.5. The lowest BCUT2D eigenvalue weighted by Crippen LogP contribution is -2.53. The summed E-state index contributed by atoms with van der Waals surface area (Å²) < 4.78 is 11.2. The summed E-state index contributed by atoms with van der Waals surface area (Å²) in [6, 6.07) is 11.5. The summed E-state index contributed by atoms with van der Waals surface area (Å²) in [7, 11) is 1.64. The molecule has 2 aromatic rings. The number of hydrogen-bond acceptors (Lipinski definition) is 6. The number of methoxy groups -OCH3 is 1. The topological polar surface area (TPSA) is 100 Å². The number of amides is 3. The molecule has 2 heterocycles. The van der Waals surface area contributed by atoms with Crippen molar-refractivity contribution in [3.63, 3.8) is 0 Å². The second kappa shape index (κ2) is 12.4. The predicted molar refractivity (Wildman–Crippen MR) is 157 cm³/mol. The predicted octanol–water partition coefficient (Wildman–Crippen LogP) is 4.06. The molecule has 0 unspecified atom stereocenters. The molecule has 9 nitrogen and oxygen atoms in total. The van der Waals surface area contributed by atoms with Crippen LogP contribution in [0.2, 0.25) is 0 Å². The van der Waals surface area contributed by atoms with E-state index in [4.69, 9.17) is 9.47 Å². The van der Waals surface area contributed by atoms with Gasteiger partial charge >= 0.3 is 0 Å². The van der Waals surface area contributed by atoms with E-state index in [1.165, 1.54) is 0 Å². The van der Waals surface area contributed by atoms with Gasteiger partial charge in [0.15, 0.2) is 5.60 Å². The summed E-state index contributed by atoms with van der Waals surface area (Å²) in [5.41, 5.74) is 3.22. The van der Waals surface area contributed by atoms with Gasteiger partial charge in [-0.15, -0.1) is 0 Å². The van der Waals surface area contributed by atoms with Crippen LogP contribution < -0.4 is 25.2 Å². The van der Waals surface area contributed by atoms with Crippen molar-refractivity contribution in [3.8, 4) is 5.75 Å². The van der Waals surface area contributed by atoms with Crippen molar-refractivity contribution in [2.45, 2.75) is 53.1 Å². The third kappa shape index (κ3) is 6.15. The number of para-hydroxylation sites is 1. The van der Waals surface area contributed by atoms with Gasteiger partial charge in [0.2, 0.25) is 11.8 Å². The Morgan fingerprint density at radius 2 is 1.85 bits per heavy atom. The van der Waals surface area contributed by atoms with Crippen molar-refractivity contribution in [3.05, 3.63) is 47.5 Å². The minimum absolute atomic E-state index is 0.0474. The average molecular weight is 551 g/mol. The molecule has 1 saturated heterocycles. The first-order valence-electron chi connectivity index (χ1n) is 14.1. The summed E-state index contributed by atoms with van der Waals surface area (Å²) in [6.07, 6.45) is 1.14. The van der Waals surface area contributed by atoms with Crippen LogP contribution in [0.4, 0.5) is 17.1 Å². The molecule has 1 fully saturated rings. The van der Waals surface area contributed by atoms with Crippen LogP contribution in [-0.2, 0) is 19.1 Å².